The quantitative estimate of drug-likeness (QED) is 0.669. The molecule has 3 heterocycles. The van der Waals surface area contributed by atoms with Gasteiger partial charge in [0.1, 0.15) is 18.8 Å². The number of amides is 1. The van der Waals surface area contributed by atoms with Crippen molar-refractivity contribution in [3.05, 3.63) is 65.6 Å². The molecule has 3 aromatic rings. The maximum absolute atomic E-state index is 13.7. The summed E-state index contributed by atoms with van der Waals surface area (Å²) in [4.78, 5) is 19.8. The molecule has 0 aliphatic carbocycles. The van der Waals surface area contributed by atoms with Crippen molar-refractivity contribution < 1.29 is 23.0 Å². The van der Waals surface area contributed by atoms with E-state index in [-0.39, 0.29) is 0 Å². The zero-order chi connectivity index (χ0) is 21.7. The Morgan fingerprint density at radius 3 is 2.23 bits per heavy atom. The highest BCUT2D eigenvalue weighted by atomic mass is 19.1. The van der Waals surface area contributed by atoms with E-state index >= 15 is 0 Å². The molecule has 0 atom stereocenters. The molecule has 8 heteroatoms. The summed E-state index contributed by atoms with van der Waals surface area (Å²) in [7, 11) is 0. The van der Waals surface area contributed by atoms with Crippen LogP contribution in [0.25, 0.3) is 11.3 Å². The number of benzene rings is 1. The molecule has 0 radical (unpaired) electrons. The standard InChI is InChI=1S/C20H15F2N3O3.C2H6/c1-11-6-17-18(28-5-4-27-17)7-13(11)16-3-2-12(8-24-16)25-20(26)19-14(21)9-23-10-15(19)22;1-2/h2-3,6-10H,4-5H2,1H3,(H,25,26);1-2H3. The summed E-state index contributed by atoms with van der Waals surface area (Å²) in [5.74, 6) is -1.64. The van der Waals surface area contributed by atoms with Crippen molar-refractivity contribution in [2.75, 3.05) is 18.5 Å². The lowest BCUT2D eigenvalue weighted by Gasteiger charge is -2.20. The zero-order valence-corrected chi connectivity index (χ0v) is 16.8. The van der Waals surface area contributed by atoms with E-state index in [1.165, 1.54) is 6.20 Å². The van der Waals surface area contributed by atoms with Crippen molar-refractivity contribution in [2.45, 2.75) is 20.8 Å². The molecule has 156 valence electrons. The van der Waals surface area contributed by atoms with E-state index in [0.717, 1.165) is 23.5 Å². The van der Waals surface area contributed by atoms with Gasteiger partial charge in [-0.15, -0.1) is 0 Å². The van der Waals surface area contributed by atoms with Gasteiger partial charge in [-0.25, -0.2) is 8.78 Å². The number of aryl methyl sites for hydroxylation is 1. The van der Waals surface area contributed by atoms with Gasteiger partial charge in [0.05, 0.1) is 30.0 Å². The predicted octanol–water partition coefficient (Wildman–Crippen LogP) is 4.78. The molecule has 6 nitrogen and oxygen atoms in total. The number of fused-ring (bicyclic) bond motifs is 1. The number of carbonyl (C=O) groups is 1. The Hall–Kier alpha value is -3.55. The SMILES string of the molecule is CC.Cc1cc2c(cc1-c1ccc(NC(=O)c3c(F)cncc3F)cn1)OCCO2. The van der Waals surface area contributed by atoms with Crippen LogP contribution in [0.1, 0.15) is 29.8 Å². The zero-order valence-electron chi connectivity index (χ0n) is 16.8. The monoisotopic (exact) mass is 413 g/mol. The number of hydrogen-bond acceptors (Lipinski definition) is 5. The third kappa shape index (κ3) is 4.37. The topological polar surface area (TPSA) is 73.3 Å². The first-order valence-electron chi connectivity index (χ1n) is 9.50. The minimum Gasteiger partial charge on any atom is -0.486 e. The molecule has 0 unspecified atom stereocenters. The predicted molar refractivity (Wildman–Crippen MR) is 109 cm³/mol. The lowest BCUT2D eigenvalue weighted by atomic mass is 10.0. The Morgan fingerprint density at radius 2 is 1.63 bits per heavy atom. The van der Waals surface area contributed by atoms with Gasteiger partial charge in [-0.3, -0.25) is 14.8 Å². The van der Waals surface area contributed by atoms with Gasteiger partial charge in [0.2, 0.25) is 0 Å². The van der Waals surface area contributed by atoms with E-state index in [1.54, 1.807) is 12.1 Å². The fourth-order valence-corrected chi connectivity index (χ4v) is 2.92. The highest BCUT2D eigenvalue weighted by Crippen LogP contribution is 2.36. The molecule has 2 aromatic heterocycles. The molecule has 1 aromatic carbocycles. The number of carbonyl (C=O) groups excluding carboxylic acids is 1. The number of hydrogen-bond donors (Lipinski definition) is 1. The Balaban J connectivity index is 0.00000124. The van der Waals surface area contributed by atoms with Gasteiger partial charge in [-0.2, -0.15) is 0 Å². The molecule has 0 fully saturated rings. The molecule has 4 rings (SSSR count). The summed E-state index contributed by atoms with van der Waals surface area (Å²) in [6.45, 7) is 6.92. The number of rotatable bonds is 3. The number of ether oxygens (including phenoxy) is 2. The number of nitrogens with one attached hydrogen (secondary N) is 1. The normalized spacial score (nSPS) is 11.9. The average molecular weight is 413 g/mol. The van der Waals surface area contributed by atoms with Gasteiger partial charge in [-0.1, -0.05) is 13.8 Å². The molecule has 1 aliphatic rings. The minimum absolute atomic E-state index is 0.305. The van der Waals surface area contributed by atoms with Crippen molar-refractivity contribution in [3.8, 4) is 22.8 Å². The first-order valence-corrected chi connectivity index (χ1v) is 9.50. The summed E-state index contributed by atoms with van der Waals surface area (Å²) in [6.07, 6.45) is 2.98. The van der Waals surface area contributed by atoms with E-state index < -0.39 is 23.1 Å². The first kappa shape index (κ1) is 21.2. The van der Waals surface area contributed by atoms with Crippen molar-refractivity contribution in [2.24, 2.45) is 0 Å². The maximum Gasteiger partial charge on any atom is 0.261 e. The highest BCUT2D eigenvalue weighted by molar-refractivity contribution is 6.04. The molecule has 1 aliphatic heterocycles. The third-order valence-electron chi connectivity index (χ3n) is 4.27. The average Bonchev–Trinajstić information content (AvgIpc) is 2.75. The van der Waals surface area contributed by atoms with Crippen LogP contribution in [0.5, 0.6) is 11.5 Å². The highest BCUT2D eigenvalue weighted by Gasteiger charge is 2.19. The van der Waals surface area contributed by atoms with E-state index in [9.17, 15) is 13.6 Å². The van der Waals surface area contributed by atoms with Crippen LogP contribution in [0.3, 0.4) is 0 Å². The van der Waals surface area contributed by atoms with Crippen LogP contribution in [-0.4, -0.2) is 29.1 Å². The van der Waals surface area contributed by atoms with Crippen molar-refractivity contribution in [3.63, 3.8) is 0 Å². The van der Waals surface area contributed by atoms with Gasteiger partial charge in [0.15, 0.2) is 23.1 Å². The fourth-order valence-electron chi connectivity index (χ4n) is 2.92. The first-order chi connectivity index (χ1) is 14.5. The number of nitrogens with zero attached hydrogens (tertiary/aromatic N) is 2. The summed E-state index contributed by atoms with van der Waals surface area (Å²) in [5, 5.41) is 2.43. The molecular formula is C22H21F2N3O3. The van der Waals surface area contributed by atoms with E-state index in [2.05, 4.69) is 15.3 Å². The second kappa shape index (κ2) is 9.30. The van der Waals surface area contributed by atoms with E-state index in [0.29, 0.717) is 36.1 Å². The molecule has 0 saturated carbocycles. The van der Waals surface area contributed by atoms with Gasteiger partial charge in [0, 0.05) is 5.56 Å². The molecule has 0 saturated heterocycles. The van der Waals surface area contributed by atoms with Crippen LogP contribution in [0.15, 0.2) is 42.9 Å². The van der Waals surface area contributed by atoms with Crippen LogP contribution in [-0.2, 0) is 0 Å². The van der Waals surface area contributed by atoms with Crippen LogP contribution in [0.2, 0.25) is 0 Å². The minimum atomic E-state index is -1.03. The van der Waals surface area contributed by atoms with Gasteiger partial charge >= 0.3 is 0 Å². The molecule has 0 bridgehead atoms. The maximum atomic E-state index is 13.7. The van der Waals surface area contributed by atoms with Crippen molar-refractivity contribution >= 4 is 11.6 Å². The van der Waals surface area contributed by atoms with Gasteiger partial charge < -0.3 is 14.8 Å². The Morgan fingerprint density at radius 1 is 1.00 bits per heavy atom. The Kier molecular flexibility index (Phi) is 6.56. The number of anilines is 1. The van der Waals surface area contributed by atoms with Crippen LogP contribution in [0, 0.1) is 18.6 Å². The number of pyridine rings is 2. The Labute approximate surface area is 172 Å². The third-order valence-corrected chi connectivity index (χ3v) is 4.27. The smallest absolute Gasteiger partial charge is 0.261 e. The lowest BCUT2D eigenvalue weighted by Crippen LogP contribution is -2.16. The second-order valence-electron chi connectivity index (χ2n) is 6.18. The second-order valence-corrected chi connectivity index (χ2v) is 6.18. The van der Waals surface area contributed by atoms with Gasteiger partial charge in [0.25, 0.3) is 5.91 Å². The summed E-state index contributed by atoms with van der Waals surface area (Å²) < 4.78 is 38.5. The van der Waals surface area contributed by atoms with Crippen molar-refractivity contribution in [1.82, 2.24) is 9.97 Å². The summed E-state index contributed by atoms with van der Waals surface area (Å²) in [6, 6.07) is 7.04. The number of halogens is 2. The summed E-state index contributed by atoms with van der Waals surface area (Å²) >= 11 is 0. The van der Waals surface area contributed by atoms with Crippen molar-refractivity contribution in [1.29, 1.82) is 0 Å². The molecule has 1 amide bonds. The van der Waals surface area contributed by atoms with E-state index in [4.69, 9.17) is 9.47 Å². The summed E-state index contributed by atoms with van der Waals surface area (Å²) in [5.41, 5.74) is 2.08. The van der Waals surface area contributed by atoms with Crippen LogP contribution < -0.4 is 14.8 Å². The Bertz CT molecular complexity index is 1040. The lowest BCUT2D eigenvalue weighted by molar-refractivity contribution is 0.101. The largest absolute Gasteiger partial charge is 0.486 e. The number of aromatic nitrogens is 2. The molecule has 1 N–H and O–H groups in total. The molecule has 0 spiro atoms. The van der Waals surface area contributed by atoms with Gasteiger partial charge in [-0.05, 0) is 36.8 Å². The molecule has 30 heavy (non-hydrogen) atoms. The molecular weight excluding hydrogens is 392 g/mol. The van der Waals surface area contributed by atoms with Crippen LogP contribution in [0.4, 0.5) is 14.5 Å². The van der Waals surface area contributed by atoms with Crippen LogP contribution >= 0.6 is 0 Å². The van der Waals surface area contributed by atoms with E-state index in [1.807, 2.05) is 32.9 Å². The fraction of sp³-hybridized carbons (Fsp3) is 0.227.